The largest absolute Gasteiger partial charge is 0.445 e. The monoisotopic (exact) mass is 437 g/mol. The molecule has 0 heterocycles. The summed E-state index contributed by atoms with van der Waals surface area (Å²) >= 11 is 6.05. The van der Waals surface area contributed by atoms with E-state index < -0.39 is 6.09 Å². The van der Waals surface area contributed by atoms with E-state index in [1.807, 2.05) is 18.2 Å². The Kier molecular flexibility index (Phi) is 15.2. The SMILES string of the molecule is CCCCCC(CCCCC)C(=O)CCCCCNC(=O)OCc1ccccc1Cl. The van der Waals surface area contributed by atoms with E-state index in [1.54, 1.807) is 6.07 Å². The average molecular weight is 438 g/mol. The molecule has 1 rings (SSSR count). The number of carbonyl (C=O) groups excluding carboxylic acids is 2. The number of ketones is 1. The number of hydrogen-bond donors (Lipinski definition) is 1. The van der Waals surface area contributed by atoms with Gasteiger partial charge in [0.2, 0.25) is 0 Å². The van der Waals surface area contributed by atoms with Crippen molar-refractivity contribution in [2.45, 2.75) is 97.5 Å². The topological polar surface area (TPSA) is 55.4 Å². The second kappa shape index (κ2) is 17.2. The van der Waals surface area contributed by atoms with Gasteiger partial charge in [0.15, 0.2) is 0 Å². The zero-order valence-corrected chi connectivity index (χ0v) is 19.6. The summed E-state index contributed by atoms with van der Waals surface area (Å²) in [5, 5.41) is 3.36. The number of amides is 1. The number of rotatable bonds is 17. The maximum Gasteiger partial charge on any atom is 0.407 e. The highest BCUT2D eigenvalue weighted by molar-refractivity contribution is 6.31. The molecule has 170 valence electrons. The molecule has 30 heavy (non-hydrogen) atoms. The molecular weight excluding hydrogens is 398 g/mol. The smallest absolute Gasteiger partial charge is 0.407 e. The molecule has 0 aliphatic carbocycles. The maximum absolute atomic E-state index is 12.6. The molecule has 0 saturated carbocycles. The summed E-state index contributed by atoms with van der Waals surface area (Å²) in [6.45, 7) is 5.13. The van der Waals surface area contributed by atoms with Crippen molar-refractivity contribution in [1.82, 2.24) is 5.32 Å². The predicted molar refractivity (Wildman–Crippen MR) is 125 cm³/mol. The second-order valence-electron chi connectivity index (χ2n) is 8.06. The molecule has 0 bridgehead atoms. The van der Waals surface area contributed by atoms with Crippen molar-refractivity contribution in [3.63, 3.8) is 0 Å². The average Bonchev–Trinajstić information content (AvgIpc) is 2.74. The van der Waals surface area contributed by atoms with Gasteiger partial charge in [0.05, 0.1) is 0 Å². The van der Waals surface area contributed by atoms with Crippen molar-refractivity contribution in [3.05, 3.63) is 34.9 Å². The van der Waals surface area contributed by atoms with Crippen LogP contribution in [0.5, 0.6) is 0 Å². The molecule has 1 aromatic carbocycles. The van der Waals surface area contributed by atoms with Gasteiger partial charge in [-0.15, -0.1) is 0 Å². The Morgan fingerprint density at radius 1 is 0.933 bits per heavy atom. The summed E-state index contributed by atoms with van der Waals surface area (Å²) in [5.74, 6) is 0.690. The molecule has 1 N–H and O–H groups in total. The van der Waals surface area contributed by atoms with E-state index in [0.717, 1.165) is 37.7 Å². The zero-order valence-electron chi connectivity index (χ0n) is 18.9. The molecular formula is C25H40ClNO3. The first-order chi connectivity index (χ1) is 14.6. The molecule has 0 fully saturated rings. The second-order valence-corrected chi connectivity index (χ2v) is 8.47. The molecule has 0 atom stereocenters. The fourth-order valence-corrected chi connectivity index (χ4v) is 3.74. The van der Waals surface area contributed by atoms with Crippen LogP contribution in [0.2, 0.25) is 5.02 Å². The highest BCUT2D eigenvalue weighted by atomic mass is 35.5. The van der Waals surface area contributed by atoms with Crippen molar-refractivity contribution >= 4 is 23.5 Å². The van der Waals surface area contributed by atoms with Gasteiger partial charge in [-0.25, -0.2) is 4.79 Å². The van der Waals surface area contributed by atoms with E-state index in [-0.39, 0.29) is 12.5 Å². The molecule has 0 spiro atoms. The van der Waals surface area contributed by atoms with Gasteiger partial charge >= 0.3 is 6.09 Å². The lowest BCUT2D eigenvalue weighted by molar-refractivity contribution is -0.123. The zero-order chi connectivity index (χ0) is 22.0. The van der Waals surface area contributed by atoms with Crippen LogP contribution in [-0.4, -0.2) is 18.4 Å². The highest BCUT2D eigenvalue weighted by Crippen LogP contribution is 2.21. The van der Waals surface area contributed by atoms with Gasteiger partial charge in [0.25, 0.3) is 0 Å². The van der Waals surface area contributed by atoms with Crippen molar-refractivity contribution < 1.29 is 14.3 Å². The van der Waals surface area contributed by atoms with Crippen LogP contribution < -0.4 is 5.32 Å². The van der Waals surface area contributed by atoms with Gasteiger partial charge < -0.3 is 10.1 Å². The fourth-order valence-electron chi connectivity index (χ4n) is 3.55. The number of carbonyl (C=O) groups is 2. The molecule has 5 heteroatoms. The first-order valence-corrected chi connectivity index (χ1v) is 12.1. The Balaban J connectivity index is 2.15. The normalized spacial score (nSPS) is 10.9. The number of unbranched alkanes of at least 4 members (excludes halogenated alkanes) is 6. The van der Waals surface area contributed by atoms with Crippen LogP contribution in [-0.2, 0) is 16.1 Å². The van der Waals surface area contributed by atoms with Gasteiger partial charge in [-0.05, 0) is 31.7 Å². The Morgan fingerprint density at radius 2 is 1.60 bits per heavy atom. The third-order valence-electron chi connectivity index (χ3n) is 5.45. The highest BCUT2D eigenvalue weighted by Gasteiger charge is 2.17. The number of benzene rings is 1. The van der Waals surface area contributed by atoms with Gasteiger partial charge in [-0.3, -0.25) is 4.79 Å². The van der Waals surface area contributed by atoms with E-state index in [9.17, 15) is 9.59 Å². The molecule has 4 nitrogen and oxygen atoms in total. The first-order valence-electron chi connectivity index (χ1n) is 11.7. The lowest BCUT2D eigenvalue weighted by Gasteiger charge is -2.15. The van der Waals surface area contributed by atoms with Gasteiger partial charge in [0, 0.05) is 29.5 Å². The number of alkyl carbamates (subject to hydrolysis) is 1. The lowest BCUT2D eigenvalue weighted by Crippen LogP contribution is -2.25. The predicted octanol–water partition coefficient (Wildman–Crippen LogP) is 7.47. The standard InChI is InChI=1S/C25H40ClNO3/c1-3-5-8-14-21(15-9-6-4-2)24(28)18-10-7-13-19-27-25(29)30-20-22-16-11-12-17-23(22)26/h11-12,16-17,21H,3-10,13-15,18-20H2,1-2H3,(H,27,29). The molecule has 0 saturated heterocycles. The van der Waals surface area contributed by atoms with E-state index in [2.05, 4.69) is 19.2 Å². The molecule has 1 amide bonds. The fraction of sp³-hybridized carbons (Fsp3) is 0.680. The Bertz CT molecular complexity index is 596. The van der Waals surface area contributed by atoms with Crippen LogP contribution in [0.1, 0.15) is 96.5 Å². The van der Waals surface area contributed by atoms with Crippen LogP contribution in [0.3, 0.4) is 0 Å². The quantitative estimate of drug-likeness (QED) is 0.257. The minimum atomic E-state index is -0.432. The van der Waals surface area contributed by atoms with Crippen molar-refractivity contribution in [2.75, 3.05) is 6.54 Å². The minimum absolute atomic E-state index is 0.164. The van der Waals surface area contributed by atoms with Crippen LogP contribution in [0.25, 0.3) is 0 Å². The molecule has 0 aliphatic heterocycles. The summed E-state index contributed by atoms with van der Waals surface area (Å²) < 4.78 is 5.19. The number of halogens is 1. The summed E-state index contributed by atoms with van der Waals surface area (Å²) in [6.07, 6.45) is 12.2. The van der Waals surface area contributed by atoms with E-state index >= 15 is 0 Å². The maximum atomic E-state index is 12.6. The van der Waals surface area contributed by atoms with Crippen LogP contribution >= 0.6 is 11.6 Å². The molecule has 0 aromatic heterocycles. The van der Waals surface area contributed by atoms with E-state index in [4.69, 9.17) is 16.3 Å². The molecule has 0 unspecified atom stereocenters. The van der Waals surface area contributed by atoms with Crippen molar-refractivity contribution in [1.29, 1.82) is 0 Å². The Hall–Kier alpha value is -1.55. The molecule has 0 radical (unpaired) electrons. The number of Topliss-reactive ketones (excluding diaryl/α,β-unsaturated/α-hetero) is 1. The summed E-state index contributed by atoms with van der Waals surface area (Å²) in [5.41, 5.74) is 0.792. The number of ether oxygens (including phenoxy) is 1. The number of hydrogen-bond acceptors (Lipinski definition) is 3. The summed E-state index contributed by atoms with van der Waals surface area (Å²) in [4.78, 5) is 24.4. The third-order valence-corrected chi connectivity index (χ3v) is 5.82. The van der Waals surface area contributed by atoms with Crippen LogP contribution in [0.15, 0.2) is 24.3 Å². The Morgan fingerprint density at radius 3 is 2.23 bits per heavy atom. The number of nitrogens with one attached hydrogen (secondary N) is 1. The lowest BCUT2D eigenvalue weighted by atomic mass is 9.89. The van der Waals surface area contributed by atoms with Crippen molar-refractivity contribution in [3.8, 4) is 0 Å². The van der Waals surface area contributed by atoms with E-state index in [1.165, 1.54) is 38.5 Å². The molecule has 0 aliphatic rings. The van der Waals surface area contributed by atoms with Gasteiger partial charge in [0.1, 0.15) is 12.4 Å². The molecule has 1 aromatic rings. The van der Waals surface area contributed by atoms with Crippen molar-refractivity contribution in [2.24, 2.45) is 5.92 Å². The minimum Gasteiger partial charge on any atom is -0.445 e. The van der Waals surface area contributed by atoms with E-state index in [0.29, 0.717) is 23.8 Å². The third kappa shape index (κ3) is 12.2. The van der Waals surface area contributed by atoms with Crippen LogP contribution in [0, 0.1) is 5.92 Å². The first kappa shape index (κ1) is 26.5. The van der Waals surface area contributed by atoms with Gasteiger partial charge in [-0.1, -0.05) is 88.6 Å². The Labute approximate surface area is 188 Å². The summed E-state index contributed by atoms with van der Waals surface area (Å²) in [7, 11) is 0. The summed E-state index contributed by atoms with van der Waals surface area (Å²) in [6, 6.07) is 7.32. The van der Waals surface area contributed by atoms with Crippen LogP contribution in [0.4, 0.5) is 4.79 Å². The van der Waals surface area contributed by atoms with Gasteiger partial charge in [-0.2, -0.15) is 0 Å².